The molecule has 156 valence electrons. The van der Waals surface area contributed by atoms with Crippen molar-refractivity contribution < 1.29 is 13.2 Å². The minimum atomic E-state index is -3.92. The van der Waals surface area contributed by atoms with E-state index in [1.807, 2.05) is 12.1 Å². The van der Waals surface area contributed by atoms with Crippen LogP contribution in [0.3, 0.4) is 0 Å². The molecule has 9 heteroatoms. The van der Waals surface area contributed by atoms with E-state index in [1.165, 1.54) is 12.1 Å². The number of nitrogens with zero attached hydrogens (tertiary/aromatic N) is 1. The number of hydrogen-bond donors (Lipinski definition) is 1. The maximum Gasteiger partial charge on any atom is 0.243 e. The Labute approximate surface area is 193 Å². The second-order valence-electron chi connectivity index (χ2n) is 6.36. The van der Waals surface area contributed by atoms with Crippen molar-refractivity contribution in [2.75, 3.05) is 11.9 Å². The quantitative estimate of drug-likeness (QED) is 0.435. The van der Waals surface area contributed by atoms with Crippen LogP contribution < -0.4 is 5.32 Å². The Kier molecular flexibility index (Phi) is 7.55. The van der Waals surface area contributed by atoms with Crippen molar-refractivity contribution >= 4 is 60.7 Å². The minimum absolute atomic E-state index is 0.0220. The zero-order chi connectivity index (χ0) is 21.7. The van der Waals surface area contributed by atoms with Gasteiger partial charge in [0.2, 0.25) is 15.9 Å². The molecule has 0 atom stereocenters. The molecule has 0 aliphatic heterocycles. The van der Waals surface area contributed by atoms with Gasteiger partial charge in [-0.05, 0) is 42.0 Å². The van der Waals surface area contributed by atoms with E-state index >= 15 is 0 Å². The van der Waals surface area contributed by atoms with Crippen LogP contribution in [-0.4, -0.2) is 25.2 Å². The number of carbonyl (C=O) groups excluding carboxylic acids is 1. The molecule has 3 aromatic carbocycles. The first kappa shape index (κ1) is 22.8. The van der Waals surface area contributed by atoms with Gasteiger partial charge in [0.25, 0.3) is 0 Å². The molecule has 0 saturated carbocycles. The van der Waals surface area contributed by atoms with Crippen LogP contribution in [0.15, 0.2) is 82.2 Å². The zero-order valence-electron chi connectivity index (χ0n) is 15.6. The Morgan fingerprint density at radius 3 is 2.10 bits per heavy atom. The maximum atomic E-state index is 13.2. The molecule has 3 aromatic rings. The summed E-state index contributed by atoms with van der Waals surface area (Å²) in [6.07, 6.45) is 0. The van der Waals surface area contributed by atoms with Crippen molar-refractivity contribution in [3.63, 3.8) is 0 Å². The summed E-state index contributed by atoms with van der Waals surface area (Å²) in [5, 5.41) is 3.14. The summed E-state index contributed by atoms with van der Waals surface area (Å²) in [6, 6.07) is 20.0. The van der Waals surface area contributed by atoms with Gasteiger partial charge >= 0.3 is 0 Å². The minimum Gasteiger partial charge on any atom is -0.322 e. The molecule has 0 saturated heterocycles. The van der Waals surface area contributed by atoms with E-state index in [0.29, 0.717) is 0 Å². The number of hydrogen-bond acceptors (Lipinski definition) is 3. The summed E-state index contributed by atoms with van der Waals surface area (Å²) < 4.78 is 28.4. The van der Waals surface area contributed by atoms with Crippen LogP contribution in [0, 0.1) is 0 Å². The summed E-state index contributed by atoms with van der Waals surface area (Å²) in [6.45, 7) is -0.386. The lowest BCUT2D eigenvalue weighted by Crippen LogP contribution is -2.37. The lowest BCUT2D eigenvalue weighted by Gasteiger charge is -2.22. The molecule has 0 aromatic heterocycles. The molecule has 0 bridgehead atoms. The molecule has 30 heavy (non-hydrogen) atoms. The van der Waals surface area contributed by atoms with Crippen LogP contribution in [0.1, 0.15) is 5.56 Å². The van der Waals surface area contributed by atoms with Crippen molar-refractivity contribution in [1.29, 1.82) is 0 Å². The normalized spacial score (nSPS) is 11.5. The monoisotopic (exact) mass is 526 g/mol. The van der Waals surface area contributed by atoms with E-state index in [2.05, 4.69) is 21.2 Å². The number of benzene rings is 3. The Hall–Kier alpha value is -1.90. The second-order valence-corrected chi connectivity index (χ2v) is 10.0. The highest BCUT2D eigenvalue weighted by atomic mass is 79.9. The SMILES string of the molecule is O=C(CN(Cc1ccc(Br)cc1)S(=O)(=O)c1ccccc1)Nc1c(Cl)cccc1Cl. The summed E-state index contributed by atoms with van der Waals surface area (Å²) in [7, 11) is -3.92. The molecule has 0 fully saturated rings. The van der Waals surface area contributed by atoms with E-state index in [0.717, 1.165) is 14.3 Å². The number of halogens is 3. The van der Waals surface area contributed by atoms with Gasteiger partial charge in [-0.25, -0.2) is 8.42 Å². The molecular formula is C21H17BrCl2N2O3S. The highest BCUT2D eigenvalue weighted by Crippen LogP contribution is 2.30. The van der Waals surface area contributed by atoms with Gasteiger partial charge in [-0.3, -0.25) is 4.79 Å². The molecule has 0 heterocycles. The second kappa shape index (κ2) is 9.94. The lowest BCUT2D eigenvalue weighted by molar-refractivity contribution is -0.116. The van der Waals surface area contributed by atoms with Crippen LogP contribution in [0.25, 0.3) is 0 Å². The topological polar surface area (TPSA) is 66.5 Å². The van der Waals surface area contributed by atoms with Crippen molar-refractivity contribution in [2.24, 2.45) is 0 Å². The maximum absolute atomic E-state index is 13.2. The third-order valence-corrected chi connectivity index (χ3v) is 7.16. The standard InChI is InChI=1S/C21H17BrCl2N2O3S/c22-16-11-9-15(10-12-16)13-26(30(28,29)17-5-2-1-3-6-17)14-20(27)25-21-18(23)7-4-8-19(21)24/h1-12H,13-14H2,(H,25,27). The van der Waals surface area contributed by atoms with Gasteiger partial charge < -0.3 is 5.32 Å². The molecule has 0 unspecified atom stereocenters. The number of sulfonamides is 1. The van der Waals surface area contributed by atoms with Gasteiger partial charge in [-0.2, -0.15) is 4.31 Å². The Balaban J connectivity index is 1.89. The molecule has 0 spiro atoms. The molecule has 1 N–H and O–H groups in total. The average molecular weight is 528 g/mol. The highest BCUT2D eigenvalue weighted by Gasteiger charge is 2.27. The van der Waals surface area contributed by atoms with Gasteiger partial charge in [0.1, 0.15) is 0 Å². The molecule has 0 aliphatic carbocycles. The fraction of sp³-hybridized carbons (Fsp3) is 0.0952. The number of para-hydroxylation sites is 1. The predicted octanol–water partition coefficient (Wildman–Crippen LogP) is 5.59. The number of nitrogens with one attached hydrogen (secondary N) is 1. The van der Waals surface area contributed by atoms with Gasteiger partial charge in [0, 0.05) is 11.0 Å². The van der Waals surface area contributed by atoms with Crippen molar-refractivity contribution in [3.8, 4) is 0 Å². The molecule has 3 rings (SSSR count). The highest BCUT2D eigenvalue weighted by molar-refractivity contribution is 9.10. The summed E-state index contributed by atoms with van der Waals surface area (Å²) >= 11 is 15.6. The largest absolute Gasteiger partial charge is 0.322 e. The predicted molar refractivity (Wildman–Crippen MR) is 123 cm³/mol. The van der Waals surface area contributed by atoms with Crippen LogP contribution in [-0.2, 0) is 21.4 Å². The lowest BCUT2D eigenvalue weighted by atomic mass is 10.2. The van der Waals surface area contributed by atoms with Crippen LogP contribution in [0.4, 0.5) is 5.69 Å². The molecule has 1 amide bonds. The summed E-state index contributed by atoms with van der Waals surface area (Å²) in [4.78, 5) is 12.8. The van der Waals surface area contributed by atoms with Gasteiger partial charge in [-0.15, -0.1) is 0 Å². The smallest absolute Gasteiger partial charge is 0.243 e. The summed E-state index contributed by atoms with van der Waals surface area (Å²) in [5.41, 5.74) is 0.979. The number of rotatable bonds is 7. The van der Waals surface area contributed by atoms with Crippen LogP contribution in [0.2, 0.25) is 10.0 Å². The Morgan fingerprint density at radius 1 is 0.900 bits per heavy atom. The van der Waals surface area contributed by atoms with Crippen LogP contribution >= 0.6 is 39.1 Å². The third kappa shape index (κ3) is 5.62. The van der Waals surface area contributed by atoms with Crippen LogP contribution in [0.5, 0.6) is 0 Å². The first-order valence-electron chi connectivity index (χ1n) is 8.81. The Bertz CT molecular complexity index is 1120. The molecule has 5 nitrogen and oxygen atoms in total. The van der Waals surface area contributed by atoms with Gasteiger partial charge in [0.15, 0.2) is 0 Å². The van der Waals surface area contributed by atoms with Gasteiger partial charge in [-0.1, -0.05) is 75.5 Å². The van der Waals surface area contributed by atoms with Crippen molar-refractivity contribution in [2.45, 2.75) is 11.4 Å². The first-order chi connectivity index (χ1) is 14.3. The molecule has 0 radical (unpaired) electrons. The van der Waals surface area contributed by atoms with E-state index < -0.39 is 22.5 Å². The van der Waals surface area contributed by atoms with Gasteiger partial charge in [0.05, 0.1) is 27.2 Å². The first-order valence-corrected chi connectivity index (χ1v) is 11.8. The molecular weight excluding hydrogens is 511 g/mol. The van der Waals surface area contributed by atoms with E-state index in [1.54, 1.807) is 48.5 Å². The average Bonchev–Trinajstić information content (AvgIpc) is 2.72. The van der Waals surface area contributed by atoms with Crippen molar-refractivity contribution in [1.82, 2.24) is 4.31 Å². The Morgan fingerprint density at radius 2 is 1.50 bits per heavy atom. The fourth-order valence-electron chi connectivity index (χ4n) is 2.72. The summed E-state index contributed by atoms with van der Waals surface area (Å²) in [5.74, 6) is -0.554. The molecule has 0 aliphatic rings. The zero-order valence-corrected chi connectivity index (χ0v) is 19.5. The van der Waals surface area contributed by atoms with E-state index in [9.17, 15) is 13.2 Å². The fourth-order valence-corrected chi connectivity index (χ4v) is 4.88. The number of anilines is 1. The number of amides is 1. The third-order valence-electron chi connectivity index (χ3n) is 4.20. The van der Waals surface area contributed by atoms with Crippen molar-refractivity contribution in [3.05, 3.63) is 92.9 Å². The van der Waals surface area contributed by atoms with E-state index in [4.69, 9.17) is 23.2 Å². The van der Waals surface area contributed by atoms with E-state index in [-0.39, 0.29) is 27.2 Å². The number of carbonyl (C=O) groups is 1.